The third-order valence-electron chi connectivity index (χ3n) is 6.16. The number of nitrogens with one attached hydrogen (secondary N) is 1. The van der Waals surface area contributed by atoms with Gasteiger partial charge < -0.3 is 9.47 Å². The molecule has 7 heteroatoms. The van der Waals surface area contributed by atoms with Crippen LogP contribution in [0.15, 0.2) is 66.7 Å². The molecule has 1 aromatic heterocycles. The molecule has 32 heavy (non-hydrogen) atoms. The van der Waals surface area contributed by atoms with Crippen LogP contribution in [0.5, 0.6) is 0 Å². The molecular weight excluding hydrogens is 442 g/mol. The maximum absolute atomic E-state index is 10.9. The summed E-state index contributed by atoms with van der Waals surface area (Å²) in [6.07, 6.45) is 1.99. The lowest BCUT2D eigenvalue weighted by atomic mass is 10.0. The van der Waals surface area contributed by atoms with Crippen LogP contribution in [0.2, 0.25) is 5.02 Å². The van der Waals surface area contributed by atoms with Gasteiger partial charge in [0, 0.05) is 47.0 Å². The van der Waals surface area contributed by atoms with E-state index < -0.39 is 10.9 Å². The molecule has 5 rings (SSSR count). The minimum atomic E-state index is -2.67. The van der Waals surface area contributed by atoms with Crippen molar-refractivity contribution in [3.63, 3.8) is 0 Å². The number of hydrogen-bond acceptors (Lipinski definition) is 3. The summed E-state index contributed by atoms with van der Waals surface area (Å²) in [5.74, 6) is 0. The summed E-state index contributed by atoms with van der Waals surface area (Å²) in [5, 5.41) is 1.99. The van der Waals surface area contributed by atoms with Gasteiger partial charge in [0.2, 0.25) is 10.9 Å². The van der Waals surface area contributed by atoms with E-state index in [-0.39, 0.29) is 0 Å². The highest BCUT2D eigenvalue weighted by molar-refractivity contribution is 7.73. The van der Waals surface area contributed by atoms with Gasteiger partial charge in [-0.1, -0.05) is 35.9 Å². The SMILES string of the molecule is CN1CCc2c(n(-c3cccc(-c4ccc(N[SH](=O)=O)cc4)c3)c3ccc(Cl)cc23)CC1. The van der Waals surface area contributed by atoms with Crippen LogP contribution in [0.3, 0.4) is 0 Å². The van der Waals surface area contributed by atoms with E-state index >= 15 is 0 Å². The topological polar surface area (TPSA) is 54.3 Å². The molecule has 0 fully saturated rings. The zero-order chi connectivity index (χ0) is 22.2. The molecule has 0 bridgehead atoms. The predicted octanol–water partition coefficient (Wildman–Crippen LogP) is 4.92. The maximum Gasteiger partial charge on any atom is 0.222 e. The average molecular weight is 466 g/mol. The number of benzene rings is 3. The normalized spacial score (nSPS) is 14.5. The van der Waals surface area contributed by atoms with E-state index in [9.17, 15) is 8.42 Å². The van der Waals surface area contributed by atoms with Gasteiger partial charge in [0.05, 0.1) is 5.52 Å². The van der Waals surface area contributed by atoms with Crippen LogP contribution in [-0.4, -0.2) is 38.0 Å². The van der Waals surface area contributed by atoms with Crippen molar-refractivity contribution in [3.8, 4) is 16.8 Å². The number of nitrogens with zero attached hydrogens (tertiary/aromatic N) is 2. The standard InChI is InChI=1S/C25H24ClN3O2S/c1-28-13-11-22-23-16-19(26)7-10-24(23)29(25(22)12-14-28)21-4-2-3-18(15-21)17-5-8-20(9-6-17)27-32(30)31/h2-10,15-16,32H,11-14H2,1H3,(H,27,30,31). The molecule has 2 heterocycles. The second-order valence-electron chi connectivity index (χ2n) is 8.22. The Hall–Kier alpha value is -2.80. The van der Waals surface area contributed by atoms with Gasteiger partial charge in [0.15, 0.2) is 0 Å². The number of fused-ring (bicyclic) bond motifs is 3. The number of anilines is 1. The summed E-state index contributed by atoms with van der Waals surface area (Å²) < 4.78 is 26.6. The molecule has 0 amide bonds. The molecule has 0 saturated carbocycles. The van der Waals surface area contributed by atoms with Crippen molar-refractivity contribution in [2.75, 3.05) is 24.9 Å². The van der Waals surface area contributed by atoms with Gasteiger partial charge in [-0.05, 0) is 72.6 Å². The lowest BCUT2D eigenvalue weighted by Gasteiger charge is -2.15. The molecule has 5 nitrogen and oxygen atoms in total. The Labute approximate surface area is 194 Å². The second kappa shape index (κ2) is 8.62. The summed E-state index contributed by atoms with van der Waals surface area (Å²) in [6, 6.07) is 22.1. The summed E-state index contributed by atoms with van der Waals surface area (Å²) in [6.45, 7) is 2.06. The molecule has 0 radical (unpaired) electrons. The molecule has 4 aromatic rings. The Morgan fingerprint density at radius 1 is 0.906 bits per heavy atom. The first-order valence-electron chi connectivity index (χ1n) is 10.6. The van der Waals surface area contributed by atoms with Crippen molar-refractivity contribution in [2.24, 2.45) is 0 Å². The third kappa shape index (κ3) is 4.01. The van der Waals surface area contributed by atoms with Gasteiger partial charge in [-0.15, -0.1) is 0 Å². The van der Waals surface area contributed by atoms with Gasteiger partial charge >= 0.3 is 0 Å². The zero-order valence-electron chi connectivity index (χ0n) is 17.7. The van der Waals surface area contributed by atoms with E-state index in [1.165, 1.54) is 22.2 Å². The van der Waals surface area contributed by atoms with Crippen molar-refractivity contribution < 1.29 is 8.42 Å². The van der Waals surface area contributed by atoms with Crippen molar-refractivity contribution >= 4 is 39.1 Å². The van der Waals surface area contributed by atoms with E-state index in [4.69, 9.17) is 11.6 Å². The van der Waals surface area contributed by atoms with E-state index in [1.807, 2.05) is 18.2 Å². The summed E-state index contributed by atoms with van der Waals surface area (Å²) in [5.41, 5.74) is 7.70. The fraction of sp³-hybridized carbons (Fsp3) is 0.200. The number of thiol groups is 1. The molecule has 1 aliphatic rings. The molecule has 0 unspecified atom stereocenters. The Balaban J connectivity index is 1.62. The highest BCUT2D eigenvalue weighted by atomic mass is 35.5. The van der Waals surface area contributed by atoms with Crippen LogP contribution in [0.25, 0.3) is 27.7 Å². The second-order valence-corrected chi connectivity index (χ2v) is 9.40. The molecule has 1 aliphatic heterocycles. The van der Waals surface area contributed by atoms with E-state index in [0.717, 1.165) is 47.8 Å². The van der Waals surface area contributed by atoms with Crippen molar-refractivity contribution in [3.05, 3.63) is 83.0 Å². The molecule has 3 aromatic carbocycles. The van der Waals surface area contributed by atoms with E-state index in [1.54, 1.807) is 12.1 Å². The summed E-state index contributed by atoms with van der Waals surface area (Å²) in [4.78, 5) is 2.38. The maximum atomic E-state index is 10.9. The van der Waals surface area contributed by atoms with Crippen LogP contribution in [0.1, 0.15) is 11.3 Å². The zero-order valence-corrected chi connectivity index (χ0v) is 19.4. The van der Waals surface area contributed by atoms with Gasteiger partial charge in [0.1, 0.15) is 0 Å². The smallest absolute Gasteiger partial charge is 0.222 e. The van der Waals surface area contributed by atoms with Crippen molar-refractivity contribution in [1.29, 1.82) is 0 Å². The first kappa shape index (κ1) is 21.1. The lowest BCUT2D eigenvalue weighted by molar-refractivity contribution is 0.351. The average Bonchev–Trinajstić information content (AvgIpc) is 2.95. The van der Waals surface area contributed by atoms with E-state index in [0.29, 0.717) is 5.69 Å². The van der Waals surface area contributed by atoms with Gasteiger partial charge in [-0.3, -0.25) is 4.72 Å². The van der Waals surface area contributed by atoms with Crippen molar-refractivity contribution in [2.45, 2.75) is 12.8 Å². The van der Waals surface area contributed by atoms with Crippen LogP contribution >= 0.6 is 11.6 Å². The molecule has 164 valence electrons. The lowest BCUT2D eigenvalue weighted by Crippen LogP contribution is -2.21. The highest BCUT2D eigenvalue weighted by Gasteiger charge is 2.21. The largest absolute Gasteiger partial charge is 0.313 e. The number of rotatable bonds is 4. The third-order valence-corrected chi connectivity index (χ3v) is 6.84. The minimum absolute atomic E-state index is 0.559. The minimum Gasteiger partial charge on any atom is -0.313 e. The van der Waals surface area contributed by atoms with Crippen LogP contribution < -0.4 is 4.72 Å². The molecule has 0 aliphatic carbocycles. The summed E-state index contributed by atoms with van der Waals surface area (Å²) >= 11 is 6.37. The van der Waals surface area contributed by atoms with Gasteiger partial charge in [-0.25, -0.2) is 8.42 Å². The van der Waals surface area contributed by atoms with Gasteiger partial charge in [-0.2, -0.15) is 0 Å². The Morgan fingerprint density at radius 3 is 2.47 bits per heavy atom. The molecule has 1 N–H and O–H groups in total. The Bertz CT molecular complexity index is 1370. The quantitative estimate of drug-likeness (QED) is 0.420. The van der Waals surface area contributed by atoms with Crippen molar-refractivity contribution in [1.82, 2.24) is 9.47 Å². The fourth-order valence-corrected chi connectivity index (χ4v) is 5.13. The Kier molecular flexibility index (Phi) is 5.67. The number of aromatic nitrogens is 1. The first-order chi connectivity index (χ1) is 15.5. The van der Waals surface area contributed by atoms with E-state index in [2.05, 4.69) is 57.6 Å². The molecule has 0 spiro atoms. The number of likely N-dealkylation sites (N-methyl/N-ethyl adjacent to an activating group) is 1. The fourth-order valence-electron chi connectivity index (χ4n) is 4.60. The molecular formula is C25H24ClN3O2S. The summed E-state index contributed by atoms with van der Waals surface area (Å²) in [7, 11) is -0.493. The van der Waals surface area contributed by atoms with Gasteiger partial charge in [0.25, 0.3) is 0 Å². The van der Waals surface area contributed by atoms with Crippen LogP contribution in [0, 0.1) is 0 Å². The highest BCUT2D eigenvalue weighted by Crippen LogP contribution is 2.35. The molecule has 0 atom stereocenters. The number of halogens is 1. The number of hydrogen-bond donors (Lipinski definition) is 2. The first-order valence-corrected chi connectivity index (χ1v) is 12.2. The predicted molar refractivity (Wildman–Crippen MR) is 133 cm³/mol. The van der Waals surface area contributed by atoms with Crippen LogP contribution in [0.4, 0.5) is 5.69 Å². The monoisotopic (exact) mass is 465 g/mol. The van der Waals surface area contributed by atoms with Crippen LogP contribution in [-0.2, 0) is 23.7 Å². The molecule has 0 saturated heterocycles. The Morgan fingerprint density at radius 2 is 1.69 bits per heavy atom.